The van der Waals surface area contributed by atoms with Gasteiger partial charge in [0.1, 0.15) is 0 Å². The first-order valence-corrected chi connectivity index (χ1v) is 3.92. The average molecular weight is 191 g/mol. The second-order valence-corrected chi connectivity index (χ2v) is 2.44. The standard InChI is InChI=1S/C10H9NO3/c1-14-10(13)5-3-8-2-4-9(7-12)11-6-8/h2,4,6,12H,7H2,1H3. The van der Waals surface area contributed by atoms with Crippen LogP contribution in [0.2, 0.25) is 0 Å². The predicted octanol–water partition coefficient (Wildman–Crippen LogP) is 0.0984. The molecule has 0 saturated heterocycles. The number of aromatic nitrogens is 1. The van der Waals surface area contributed by atoms with Crippen molar-refractivity contribution in [1.82, 2.24) is 4.98 Å². The molecule has 0 atom stereocenters. The molecule has 0 aliphatic rings. The van der Waals surface area contributed by atoms with Crippen LogP contribution in [0.5, 0.6) is 0 Å². The second kappa shape index (κ2) is 5.00. The van der Waals surface area contributed by atoms with E-state index in [9.17, 15) is 4.79 Å². The number of carbonyl (C=O) groups excluding carboxylic acids is 1. The first-order chi connectivity index (χ1) is 6.76. The Morgan fingerprint density at radius 1 is 1.64 bits per heavy atom. The highest BCUT2D eigenvalue weighted by atomic mass is 16.5. The van der Waals surface area contributed by atoms with Gasteiger partial charge in [-0.3, -0.25) is 4.98 Å². The fraction of sp³-hybridized carbons (Fsp3) is 0.200. The molecule has 0 aliphatic heterocycles. The highest BCUT2D eigenvalue weighted by Crippen LogP contribution is 1.98. The van der Waals surface area contributed by atoms with Crippen LogP contribution in [-0.2, 0) is 16.1 Å². The smallest absolute Gasteiger partial charge is 0.384 e. The summed E-state index contributed by atoms with van der Waals surface area (Å²) in [6.07, 6.45) is 1.49. The number of pyridine rings is 1. The van der Waals surface area contributed by atoms with E-state index in [4.69, 9.17) is 5.11 Å². The van der Waals surface area contributed by atoms with Crippen molar-refractivity contribution in [3.8, 4) is 11.8 Å². The summed E-state index contributed by atoms with van der Waals surface area (Å²) in [7, 11) is 1.27. The molecule has 0 aromatic carbocycles. The summed E-state index contributed by atoms with van der Waals surface area (Å²) in [5, 5.41) is 8.71. The number of aliphatic hydroxyl groups is 1. The zero-order valence-electron chi connectivity index (χ0n) is 7.65. The molecule has 1 N–H and O–H groups in total. The maximum Gasteiger partial charge on any atom is 0.384 e. The summed E-state index contributed by atoms with van der Waals surface area (Å²) in [5.41, 5.74) is 1.17. The van der Waals surface area contributed by atoms with E-state index in [0.29, 0.717) is 11.3 Å². The fourth-order valence-corrected chi connectivity index (χ4v) is 0.766. The Labute approximate surface area is 81.5 Å². The first kappa shape index (κ1) is 10.2. The summed E-state index contributed by atoms with van der Waals surface area (Å²) >= 11 is 0. The third kappa shape index (κ3) is 2.88. The Bertz CT molecular complexity index is 373. The molecule has 1 rings (SSSR count). The molecular formula is C10H9NO3. The minimum atomic E-state index is -0.587. The summed E-state index contributed by atoms with van der Waals surface area (Å²) in [4.78, 5) is 14.5. The van der Waals surface area contributed by atoms with E-state index in [2.05, 4.69) is 21.6 Å². The van der Waals surface area contributed by atoms with Crippen molar-refractivity contribution in [2.45, 2.75) is 6.61 Å². The zero-order valence-corrected chi connectivity index (χ0v) is 7.65. The summed E-state index contributed by atoms with van der Waals surface area (Å²) in [6.45, 7) is -0.106. The Hall–Kier alpha value is -1.86. The van der Waals surface area contributed by atoms with Gasteiger partial charge in [0, 0.05) is 17.7 Å². The first-order valence-electron chi connectivity index (χ1n) is 3.92. The van der Waals surface area contributed by atoms with E-state index in [-0.39, 0.29) is 6.61 Å². The number of esters is 1. The Kier molecular flexibility index (Phi) is 3.65. The largest absolute Gasteiger partial charge is 0.459 e. The van der Waals surface area contributed by atoms with Crippen molar-refractivity contribution in [1.29, 1.82) is 0 Å². The molecular weight excluding hydrogens is 182 g/mol. The van der Waals surface area contributed by atoms with Crippen LogP contribution in [0.3, 0.4) is 0 Å². The van der Waals surface area contributed by atoms with Crippen LogP contribution in [0.25, 0.3) is 0 Å². The highest BCUT2D eigenvalue weighted by Gasteiger charge is 1.93. The van der Waals surface area contributed by atoms with Gasteiger partial charge in [-0.1, -0.05) is 5.92 Å². The van der Waals surface area contributed by atoms with Crippen molar-refractivity contribution >= 4 is 5.97 Å². The molecule has 0 unspecified atom stereocenters. The summed E-state index contributed by atoms with van der Waals surface area (Å²) in [5.74, 6) is 4.26. The lowest BCUT2D eigenvalue weighted by Crippen LogP contribution is -1.94. The van der Waals surface area contributed by atoms with Crippen LogP contribution in [0.15, 0.2) is 18.3 Å². The van der Waals surface area contributed by atoms with Gasteiger partial charge >= 0.3 is 5.97 Å². The Morgan fingerprint density at radius 3 is 2.93 bits per heavy atom. The number of ether oxygens (including phenoxy) is 1. The lowest BCUT2D eigenvalue weighted by molar-refractivity contribution is -0.133. The summed E-state index contributed by atoms with van der Waals surface area (Å²) in [6, 6.07) is 3.32. The number of hydrogen-bond acceptors (Lipinski definition) is 4. The van der Waals surface area contributed by atoms with Gasteiger partial charge in [-0.2, -0.15) is 0 Å². The van der Waals surface area contributed by atoms with Gasteiger partial charge in [0.2, 0.25) is 0 Å². The van der Waals surface area contributed by atoms with Crippen LogP contribution in [0, 0.1) is 11.8 Å². The van der Waals surface area contributed by atoms with E-state index >= 15 is 0 Å². The van der Waals surface area contributed by atoms with Gasteiger partial charge in [-0.15, -0.1) is 0 Å². The van der Waals surface area contributed by atoms with E-state index in [1.54, 1.807) is 12.1 Å². The molecule has 0 spiro atoms. The fourth-order valence-electron chi connectivity index (χ4n) is 0.766. The van der Waals surface area contributed by atoms with Crippen molar-refractivity contribution in [3.63, 3.8) is 0 Å². The van der Waals surface area contributed by atoms with Crippen molar-refractivity contribution in [3.05, 3.63) is 29.6 Å². The molecule has 0 bridgehead atoms. The average Bonchev–Trinajstić information content (AvgIpc) is 2.26. The molecule has 0 fully saturated rings. The Balaban J connectivity index is 2.76. The van der Waals surface area contributed by atoms with Gasteiger partial charge in [0.15, 0.2) is 0 Å². The molecule has 1 aromatic rings. The highest BCUT2D eigenvalue weighted by molar-refractivity contribution is 5.88. The molecule has 4 heteroatoms. The number of methoxy groups -OCH3 is 1. The molecule has 72 valence electrons. The topological polar surface area (TPSA) is 59.4 Å². The van der Waals surface area contributed by atoms with E-state index in [1.807, 2.05) is 0 Å². The van der Waals surface area contributed by atoms with Gasteiger partial charge in [-0.25, -0.2) is 4.79 Å². The van der Waals surface area contributed by atoms with Gasteiger partial charge in [0.05, 0.1) is 19.4 Å². The van der Waals surface area contributed by atoms with Crippen LogP contribution >= 0.6 is 0 Å². The van der Waals surface area contributed by atoms with E-state index in [0.717, 1.165) is 0 Å². The lowest BCUT2D eigenvalue weighted by atomic mass is 10.2. The molecule has 1 aromatic heterocycles. The van der Waals surface area contributed by atoms with Crippen molar-refractivity contribution in [2.75, 3.05) is 7.11 Å². The molecule has 1 heterocycles. The number of rotatable bonds is 1. The second-order valence-electron chi connectivity index (χ2n) is 2.44. The Morgan fingerprint density at radius 2 is 2.43 bits per heavy atom. The van der Waals surface area contributed by atoms with Gasteiger partial charge < -0.3 is 9.84 Å². The van der Waals surface area contributed by atoms with Gasteiger partial charge in [-0.05, 0) is 12.1 Å². The zero-order chi connectivity index (χ0) is 10.4. The number of hydrogen-bond donors (Lipinski definition) is 1. The SMILES string of the molecule is COC(=O)C#Cc1ccc(CO)nc1. The maximum atomic E-state index is 10.7. The lowest BCUT2D eigenvalue weighted by Gasteiger charge is -1.93. The summed E-state index contributed by atoms with van der Waals surface area (Å²) < 4.78 is 4.34. The molecule has 4 nitrogen and oxygen atoms in total. The van der Waals surface area contributed by atoms with Crippen LogP contribution in [-0.4, -0.2) is 23.2 Å². The van der Waals surface area contributed by atoms with Gasteiger partial charge in [0.25, 0.3) is 0 Å². The number of carbonyl (C=O) groups is 1. The third-order valence-electron chi connectivity index (χ3n) is 1.48. The monoisotopic (exact) mass is 191 g/mol. The normalized spacial score (nSPS) is 8.71. The van der Waals surface area contributed by atoms with Crippen molar-refractivity contribution in [2.24, 2.45) is 0 Å². The number of aliphatic hydroxyl groups excluding tert-OH is 1. The number of nitrogens with zero attached hydrogens (tertiary/aromatic N) is 1. The third-order valence-corrected chi connectivity index (χ3v) is 1.48. The minimum Gasteiger partial charge on any atom is -0.459 e. The van der Waals surface area contributed by atoms with Crippen molar-refractivity contribution < 1.29 is 14.6 Å². The molecule has 0 aliphatic carbocycles. The quantitative estimate of drug-likeness (QED) is 0.505. The van der Waals surface area contributed by atoms with E-state index < -0.39 is 5.97 Å². The molecule has 0 radical (unpaired) electrons. The van der Waals surface area contributed by atoms with Crippen LogP contribution in [0.4, 0.5) is 0 Å². The minimum absolute atomic E-state index is 0.106. The van der Waals surface area contributed by atoms with Crippen LogP contribution < -0.4 is 0 Å². The van der Waals surface area contributed by atoms with E-state index in [1.165, 1.54) is 13.3 Å². The van der Waals surface area contributed by atoms with Crippen LogP contribution in [0.1, 0.15) is 11.3 Å². The molecule has 0 amide bonds. The maximum absolute atomic E-state index is 10.7. The predicted molar refractivity (Wildman–Crippen MR) is 49.1 cm³/mol. The molecule has 0 saturated carbocycles. The molecule has 14 heavy (non-hydrogen) atoms.